The maximum Gasteiger partial charge on any atom is 0.318 e. The molecule has 2 amide bonds. The van der Waals surface area contributed by atoms with Gasteiger partial charge in [-0.15, -0.1) is 0 Å². The zero-order valence-corrected chi connectivity index (χ0v) is 17.1. The smallest absolute Gasteiger partial charge is 0.318 e. The number of hydrogen-bond donors (Lipinski definition) is 4. The van der Waals surface area contributed by atoms with Crippen molar-refractivity contribution in [3.05, 3.63) is 36.0 Å². The first-order chi connectivity index (χ1) is 12.9. The zero-order valence-electron chi connectivity index (χ0n) is 17.1. The van der Waals surface area contributed by atoms with Crippen LogP contribution in [0.15, 0.2) is 30.5 Å². The van der Waals surface area contributed by atoms with Gasteiger partial charge in [-0.25, -0.2) is 0 Å². The highest BCUT2D eigenvalue weighted by molar-refractivity contribution is 6.01. The first kappa shape index (κ1) is 21.5. The van der Waals surface area contributed by atoms with Crippen molar-refractivity contribution in [3.63, 3.8) is 0 Å². The molecule has 7 heteroatoms. The normalized spacial score (nSPS) is 13.2. The van der Waals surface area contributed by atoms with Crippen molar-refractivity contribution in [2.24, 2.45) is 10.8 Å². The van der Waals surface area contributed by atoms with Gasteiger partial charge in [0.25, 0.3) is 0 Å². The zero-order chi connectivity index (χ0) is 21.1. The maximum absolute atomic E-state index is 12.5. The number of nitrogens with one attached hydrogen (secondary N) is 3. The van der Waals surface area contributed by atoms with Crippen LogP contribution >= 0.6 is 0 Å². The van der Waals surface area contributed by atoms with E-state index in [9.17, 15) is 19.5 Å². The number of aliphatic carboxylic acids is 1. The summed E-state index contributed by atoms with van der Waals surface area (Å²) in [6, 6.07) is 7.48. The summed E-state index contributed by atoms with van der Waals surface area (Å²) in [4.78, 5) is 39.3. The van der Waals surface area contributed by atoms with E-state index in [-0.39, 0.29) is 18.5 Å². The summed E-state index contributed by atoms with van der Waals surface area (Å²) in [5.41, 5.74) is -0.113. The van der Waals surface area contributed by atoms with Crippen LogP contribution in [0, 0.1) is 10.8 Å². The summed E-state index contributed by atoms with van der Waals surface area (Å²) in [5.74, 6) is -1.92. The highest BCUT2D eigenvalue weighted by atomic mass is 16.4. The second-order valence-electron chi connectivity index (χ2n) is 8.62. The second kappa shape index (κ2) is 8.04. The minimum atomic E-state index is -1.54. The lowest BCUT2D eigenvalue weighted by Gasteiger charge is -2.26. The third-order valence-corrected chi connectivity index (χ3v) is 4.77. The van der Waals surface area contributed by atoms with Gasteiger partial charge in [0.2, 0.25) is 11.8 Å². The molecule has 28 heavy (non-hydrogen) atoms. The van der Waals surface area contributed by atoms with Crippen LogP contribution in [0.1, 0.15) is 40.2 Å². The molecule has 0 spiro atoms. The number of benzene rings is 1. The van der Waals surface area contributed by atoms with Gasteiger partial charge < -0.3 is 20.7 Å². The van der Waals surface area contributed by atoms with Crippen LogP contribution in [-0.4, -0.2) is 40.5 Å². The molecule has 1 aromatic carbocycles. The fraction of sp³-hybridized carbons (Fsp3) is 0.476. The minimum absolute atomic E-state index is 0.135. The first-order valence-electron chi connectivity index (χ1n) is 9.30. The Kier molecular flexibility index (Phi) is 6.17. The molecule has 0 fully saturated rings. The van der Waals surface area contributed by atoms with Crippen molar-refractivity contribution < 1.29 is 19.5 Å². The molecular weight excluding hydrogens is 358 g/mol. The van der Waals surface area contributed by atoms with Gasteiger partial charge in [-0.05, 0) is 31.9 Å². The molecule has 4 N–H and O–H groups in total. The van der Waals surface area contributed by atoms with Gasteiger partial charge in [0.05, 0.1) is 6.04 Å². The Bertz CT molecular complexity index is 877. The van der Waals surface area contributed by atoms with Crippen molar-refractivity contribution >= 4 is 28.7 Å². The van der Waals surface area contributed by atoms with Crippen LogP contribution in [-0.2, 0) is 20.8 Å². The number of carbonyl (C=O) groups is 3. The van der Waals surface area contributed by atoms with Crippen LogP contribution in [0.2, 0.25) is 0 Å². The third-order valence-electron chi connectivity index (χ3n) is 4.77. The van der Waals surface area contributed by atoms with E-state index in [2.05, 4.69) is 15.6 Å². The number of carboxylic acids is 1. The summed E-state index contributed by atoms with van der Waals surface area (Å²) in [5, 5.41) is 15.9. The summed E-state index contributed by atoms with van der Waals surface area (Å²) in [6.07, 6.45) is 2.39. The second-order valence-corrected chi connectivity index (χ2v) is 8.62. The number of rotatable bonds is 7. The van der Waals surface area contributed by atoms with E-state index in [1.165, 1.54) is 13.8 Å². The fourth-order valence-electron chi connectivity index (χ4n) is 2.68. The van der Waals surface area contributed by atoms with Gasteiger partial charge >= 0.3 is 5.97 Å². The number of carboxylic acid groups (broad SMARTS) is 1. The molecule has 7 nitrogen and oxygen atoms in total. The minimum Gasteiger partial charge on any atom is -0.480 e. The number of aromatic amines is 1. The van der Waals surface area contributed by atoms with Gasteiger partial charge in [-0.2, -0.15) is 0 Å². The summed E-state index contributed by atoms with van der Waals surface area (Å²) >= 11 is 0. The lowest BCUT2D eigenvalue weighted by molar-refractivity contribution is -0.153. The van der Waals surface area contributed by atoms with Crippen molar-refractivity contribution in [1.82, 2.24) is 15.6 Å². The number of para-hydroxylation sites is 1. The van der Waals surface area contributed by atoms with Gasteiger partial charge in [-0.1, -0.05) is 39.0 Å². The Balaban J connectivity index is 2.18. The molecule has 152 valence electrons. The van der Waals surface area contributed by atoms with Gasteiger partial charge in [0, 0.05) is 29.1 Å². The molecule has 0 saturated carbocycles. The SMILES string of the molecule is CC(C)(C)C(=O)N[C@@H](CNC(=O)C(C)(C)C(=O)O)Cc1c[nH]c2ccccc12. The molecule has 0 unspecified atom stereocenters. The molecule has 0 aliphatic carbocycles. The molecular formula is C21H29N3O4. The molecule has 0 radical (unpaired) electrons. The van der Waals surface area contributed by atoms with E-state index in [1.807, 2.05) is 51.2 Å². The van der Waals surface area contributed by atoms with Crippen LogP contribution in [0.3, 0.4) is 0 Å². The van der Waals surface area contributed by atoms with Gasteiger partial charge in [0.1, 0.15) is 5.41 Å². The Morgan fingerprint density at radius 1 is 1.07 bits per heavy atom. The molecule has 1 atom stereocenters. The largest absolute Gasteiger partial charge is 0.480 e. The van der Waals surface area contributed by atoms with Crippen molar-refractivity contribution in [2.75, 3.05) is 6.54 Å². The van der Waals surface area contributed by atoms with E-state index in [0.717, 1.165) is 16.5 Å². The summed E-state index contributed by atoms with van der Waals surface area (Å²) < 4.78 is 0. The Morgan fingerprint density at radius 3 is 2.32 bits per heavy atom. The molecule has 2 rings (SSSR count). The number of H-pyrrole nitrogens is 1. The molecule has 2 aromatic rings. The molecule has 0 aliphatic heterocycles. The number of aromatic nitrogens is 1. The van der Waals surface area contributed by atoms with Crippen LogP contribution in [0.25, 0.3) is 10.9 Å². The number of hydrogen-bond acceptors (Lipinski definition) is 3. The highest BCUT2D eigenvalue weighted by Crippen LogP contribution is 2.20. The predicted octanol–water partition coefficient (Wildman–Crippen LogP) is 2.47. The summed E-state index contributed by atoms with van der Waals surface area (Å²) in [7, 11) is 0. The lowest BCUT2D eigenvalue weighted by atomic mass is 9.92. The predicted molar refractivity (Wildman–Crippen MR) is 108 cm³/mol. The van der Waals surface area contributed by atoms with Crippen molar-refractivity contribution in [3.8, 4) is 0 Å². The Labute approximate surface area is 164 Å². The molecule has 0 saturated heterocycles. The quantitative estimate of drug-likeness (QED) is 0.547. The first-order valence-corrected chi connectivity index (χ1v) is 9.30. The lowest BCUT2D eigenvalue weighted by Crippen LogP contribution is -2.51. The van der Waals surface area contributed by atoms with E-state index in [1.54, 1.807) is 0 Å². The molecule has 1 heterocycles. The van der Waals surface area contributed by atoms with Crippen LogP contribution in [0.4, 0.5) is 0 Å². The van der Waals surface area contributed by atoms with Crippen molar-refractivity contribution in [2.45, 2.75) is 47.1 Å². The monoisotopic (exact) mass is 387 g/mol. The Hall–Kier alpha value is -2.83. The van der Waals surface area contributed by atoms with E-state index < -0.39 is 22.7 Å². The molecule has 0 bridgehead atoms. The summed E-state index contributed by atoms with van der Waals surface area (Å²) in [6.45, 7) is 8.29. The van der Waals surface area contributed by atoms with Gasteiger partial charge in [0.15, 0.2) is 0 Å². The highest BCUT2D eigenvalue weighted by Gasteiger charge is 2.36. The third kappa shape index (κ3) is 4.91. The van der Waals surface area contributed by atoms with E-state index in [4.69, 9.17) is 0 Å². The van der Waals surface area contributed by atoms with Crippen LogP contribution < -0.4 is 10.6 Å². The Morgan fingerprint density at radius 2 is 1.71 bits per heavy atom. The average Bonchev–Trinajstić information content (AvgIpc) is 3.01. The topological polar surface area (TPSA) is 111 Å². The number of amides is 2. The molecule has 1 aromatic heterocycles. The van der Waals surface area contributed by atoms with Crippen molar-refractivity contribution in [1.29, 1.82) is 0 Å². The van der Waals surface area contributed by atoms with E-state index >= 15 is 0 Å². The molecule has 0 aliphatic rings. The van der Waals surface area contributed by atoms with Crippen LogP contribution in [0.5, 0.6) is 0 Å². The number of carbonyl (C=O) groups excluding carboxylic acids is 2. The van der Waals surface area contributed by atoms with Gasteiger partial charge in [-0.3, -0.25) is 14.4 Å². The maximum atomic E-state index is 12.5. The van der Waals surface area contributed by atoms with E-state index in [0.29, 0.717) is 6.42 Å². The fourth-order valence-corrected chi connectivity index (χ4v) is 2.68. The standard InChI is InChI=1S/C21H29N3O4/c1-20(2,3)17(25)24-14(12-23-18(26)21(4,5)19(27)28)10-13-11-22-16-9-7-6-8-15(13)16/h6-9,11,14,22H,10,12H2,1-5H3,(H,23,26)(H,24,25)(H,27,28)/t14-/m1/s1. The number of fused-ring (bicyclic) bond motifs is 1. The average molecular weight is 387 g/mol.